The van der Waals surface area contributed by atoms with E-state index in [1.807, 2.05) is 24.3 Å². The van der Waals surface area contributed by atoms with Gasteiger partial charge in [0.1, 0.15) is 11.6 Å². The minimum absolute atomic E-state index is 0.367. The van der Waals surface area contributed by atoms with Gasteiger partial charge in [0.05, 0.1) is 13.0 Å². The third-order valence-corrected chi connectivity index (χ3v) is 3.91. The molecule has 0 aliphatic heterocycles. The van der Waals surface area contributed by atoms with Crippen LogP contribution in [0.1, 0.15) is 36.8 Å². The van der Waals surface area contributed by atoms with Crippen LogP contribution in [0.15, 0.2) is 24.3 Å². The van der Waals surface area contributed by atoms with E-state index in [2.05, 4.69) is 14.8 Å². The summed E-state index contributed by atoms with van der Waals surface area (Å²) >= 11 is 5.97. The van der Waals surface area contributed by atoms with Crippen LogP contribution in [0.2, 0.25) is 0 Å². The van der Waals surface area contributed by atoms with Gasteiger partial charge in [0, 0.05) is 11.6 Å². The lowest BCUT2D eigenvalue weighted by atomic mass is 9.85. The normalized spacial score (nSPS) is 15.3. The summed E-state index contributed by atoms with van der Waals surface area (Å²) in [6, 6.07) is 7.91. The Morgan fingerprint density at radius 2 is 2.00 bits per heavy atom. The van der Waals surface area contributed by atoms with Gasteiger partial charge in [-0.1, -0.05) is 6.42 Å². The van der Waals surface area contributed by atoms with Gasteiger partial charge in [-0.15, -0.1) is 21.8 Å². The van der Waals surface area contributed by atoms with Crippen molar-refractivity contribution < 1.29 is 4.74 Å². The Kier molecular flexibility index (Phi) is 3.42. The van der Waals surface area contributed by atoms with Gasteiger partial charge in [0.25, 0.3) is 0 Å². The molecule has 0 atom stereocenters. The van der Waals surface area contributed by atoms with Gasteiger partial charge in [-0.2, -0.15) is 0 Å². The van der Waals surface area contributed by atoms with Gasteiger partial charge in [-0.25, -0.2) is 0 Å². The molecule has 1 aromatic carbocycles. The highest BCUT2D eigenvalue weighted by atomic mass is 35.5. The van der Waals surface area contributed by atoms with Crippen molar-refractivity contribution in [1.29, 1.82) is 0 Å². The van der Waals surface area contributed by atoms with E-state index in [0.717, 1.165) is 23.1 Å². The van der Waals surface area contributed by atoms with Gasteiger partial charge >= 0.3 is 0 Å². The highest BCUT2D eigenvalue weighted by molar-refractivity contribution is 6.16. The standard InChI is InChI=1S/C14H16ClN3O/c1-19-12-7-5-11(6-8-12)18-13(9-15)16-17-14(18)10-3-2-4-10/h5-8,10H,2-4,9H2,1H3. The molecule has 1 saturated carbocycles. The summed E-state index contributed by atoms with van der Waals surface area (Å²) in [5, 5.41) is 8.53. The number of methoxy groups -OCH3 is 1. The molecule has 1 fully saturated rings. The maximum atomic E-state index is 5.97. The maximum Gasteiger partial charge on any atom is 0.152 e. The molecule has 1 aliphatic rings. The summed E-state index contributed by atoms with van der Waals surface area (Å²) < 4.78 is 7.27. The largest absolute Gasteiger partial charge is 0.497 e. The quantitative estimate of drug-likeness (QED) is 0.805. The van der Waals surface area contributed by atoms with E-state index >= 15 is 0 Å². The molecule has 5 heteroatoms. The van der Waals surface area contributed by atoms with Crippen molar-refractivity contribution in [2.75, 3.05) is 7.11 Å². The fourth-order valence-corrected chi connectivity index (χ4v) is 2.53. The fraction of sp³-hybridized carbons (Fsp3) is 0.429. The van der Waals surface area contributed by atoms with Crippen LogP contribution in [-0.2, 0) is 5.88 Å². The summed E-state index contributed by atoms with van der Waals surface area (Å²) in [6.07, 6.45) is 3.66. The SMILES string of the molecule is COc1ccc(-n2c(CCl)nnc2C2CCC2)cc1. The summed E-state index contributed by atoms with van der Waals surface area (Å²) in [4.78, 5) is 0. The van der Waals surface area contributed by atoms with Crippen LogP contribution >= 0.6 is 11.6 Å². The summed E-state index contributed by atoms with van der Waals surface area (Å²) in [5.74, 6) is 3.56. The number of benzene rings is 1. The first-order valence-electron chi connectivity index (χ1n) is 6.48. The number of halogens is 1. The number of rotatable bonds is 4. The van der Waals surface area contributed by atoms with Crippen LogP contribution in [0.25, 0.3) is 5.69 Å². The zero-order valence-electron chi connectivity index (χ0n) is 10.8. The molecule has 3 rings (SSSR count). The zero-order valence-corrected chi connectivity index (χ0v) is 11.6. The predicted molar refractivity (Wildman–Crippen MR) is 74.1 cm³/mol. The number of hydrogen-bond acceptors (Lipinski definition) is 3. The van der Waals surface area contributed by atoms with Crippen molar-refractivity contribution >= 4 is 11.6 Å². The number of hydrogen-bond donors (Lipinski definition) is 0. The molecule has 4 nitrogen and oxygen atoms in total. The van der Waals surface area contributed by atoms with Gasteiger partial charge in [-0.05, 0) is 37.1 Å². The number of ether oxygens (including phenoxy) is 1. The van der Waals surface area contributed by atoms with Crippen molar-refractivity contribution in [3.05, 3.63) is 35.9 Å². The van der Waals surface area contributed by atoms with Crippen LogP contribution in [-0.4, -0.2) is 21.9 Å². The third kappa shape index (κ3) is 2.21. The lowest BCUT2D eigenvalue weighted by Gasteiger charge is -2.25. The Hall–Kier alpha value is -1.55. The minimum Gasteiger partial charge on any atom is -0.497 e. The molecule has 2 aromatic rings. The molecule has 1 aromatic heterocycles. The Morgan fingerprint density at radius 3 is 2.53 bits per heavy atom. The summed E-state index contributed by atoms with van der Waals surface area (Å²) in [7, 11) is 1.66. The fourth-order valence-electron chi connectivity index (χ4n) is 2.36. The van der Waals surface area contributed by atoms with Gasteiger partial charge in [0.2, 0.25) is 0 Å². The van der Waals surface area contributed by atoms with Crippen LogP contribution < -0.4 is 4.74 Å². The van der Waals surface area contributed by atoms with E-state index in [-0.39, 0.29) is 0 Å². The second-order valence-electron chi connectivity index (χ2n) is 4.77. The van der Waals surface area contributed by atoms with Gasteiger partial charge in [0.15, 0.2) is 5.82 Å². The highest BCUT2D eigenvalue weighted by Crippen LogP contribution is 2.36. The molecule has 1 heterocycles. The monoisotopic (exact) mass is 277 g/mol. The molecule has 19 heavy (non-hydrogen) atoms. The topological polar surface area (TPSA) is 39.9 Å². The van der Waals surface area contributed by atoms with Crippen LogP contribution in [0.5, 0.6) is 5.75 Å². The average Bonchev–Trinajstić information content (AvgIpc) is 2.80. The van der Waals surface area contributed by atoms with Crippen molar-refractivity contribution in [2.45, 2.75) is 31.1 Å². The Labute approximate surface area is 117 Å². The lowest BCUT2D eigenvalue weighted by Crippen LogP contribution is -2.15. The molecule has 0 unspecified atom stereocenters. The van der Waals surface area contributed by atoms with Crippen molar-refractivity contribution in [3.63, 3.8) is 0 Å². The molecule has 1 aliphatic carbocycles. The molecule has 100 valence electrons. The lowest BCUT2D eigenvalue weighted by molar-refractivity contribution is 0.396. The van der Waals surface area contributed by atoms with E-state index in [1.54, 1.807) is 7.11 Å². The van der Waals surface area contributed by atoms with E-state index < -0.39 is 0 Å². The van der Waals surface area contributed by atoms with E-state index in [4.69, 9.17) is 16.3 Å². The summed E-state index contributed by atoms with van der Waals surface area (Å²) in [5.41, 5.74) is 1.04. The number of alkyl halides is 1. The number of nitrogens with zero attached hydrogens (tertiary/aromatic N) is 3. The van der Waals surface area contributed by atoms with Crippen LogP contribution in [0.4, 0.5) is 0 Å². The highest BCUT2D eigenvalue weighted by Gasteiger charge is 2.26. The smallest absolute Gasteiger partial charge is 0.152 e. The second kappa shape index (κ2) is 5.21. The molecule has 0 amide bonds. The van der Waals surface area contributed by atoms with Crippen LogP contribution in [0.3, 0.4) is 0 Å². The Balaban J connectivity index is 2.03. The van der Waals surface area contributed by atoms with Crippen molar-refractivity contribution in [1.82, 2.24) is 14.8 Å². The first kappa shape index (κ1) is 12.5. The van der Waals surface area contributed by atoms with Crippen molar-refractivity contribution in [3.8, 4) is 11.4 Å². The molecular weight excluding hydrogens is 262 g/mol. The third-order valence-electron chi connectivity index (χ3n) is 3.68. The Morgan fingerprint density at radius 1 is 1.26 bits per heavy atom. The molecule has 0 radical (unpaired) electrons. The predicted octanol–water partition coefficient (Wildman–Crippen LogP) is 3.28. The minimum atomic E-state index is 0.367. The van der Waals surface area contributed by atoms with Gasteiger partial charge < -0.3 is 4.74 Å². The van der Waals surface area contributed by atoms with Gasteiger partial charge in [-0.3, -0.25) is 4.57 Å². The van der Waals surface area contributed by atoms with E-state index in [0.29, 0.717) is 11.8 Å². The first-order chi connectivity index (χ1) is 9.33. The average molecular weight is 278 g/mol. The molecule has 0 spiro atoms. The molecule has 0 bridgehead atoms. The molecular formula is C14H16ClN3O. The molecule has 0 N–H and O–H groups in total. The van der Waals surface area contributed by atoms with E-state index in [1.165, 1.54) is 19.3 Å². The van der Waals surface area contributed by atoms with Crippen LogP contribution in [0, 0.1) is 0 Å². The van der Waals surface area contributed by atoms with Crippen molar-refractivity contribution in [2.24, 2.45) is 0 Å². The maximum absolute atomic E-state index is 5.97. The second-order valence-corrected chi connectivity index (χ2v) is 5.04. The first-order valence-corrected chi connectivity index (χ1v) is 7.01. The summed E-state index contributed by atoms with van der Waals surface area (Å²) in [6.45, 7) is 0. The Bertz CT molecular complexity index is 561. The zero-order chi connectivity index (χ0) is 13.2. The molecule has 0 saturated heterocycles. The number of aromatic nitrogens is 3. The van der Waals surface area contributed by atoms with E-state index in [9.17, 15) is 0 Å².